The second-order valence-corrected chi connectivity index (χ2v) is 9.22. The van der Waals surface area contributed by atoms with Gasteiger partial charge in [-0.25, -0.2) is 8.42 Å². The maximum absolute atomic E-state index is 13.0. The number of sulfonamides is 1. The topological polar surface area (TPSA) is 84.5 Å². The van der Waals surface area contributed by atoms with Gasteiger partial charge in [-0.2, -0.15) is 0 Å². The molecule has 1 amide bonds. The molecule has 0 saturated heterocycles. The van der Waals surface area contributed by atoms with Gasteiger partial charge in [0.05, 0.1) is 12.0 Å². The number of anilines is 2. The molecule has 0 aliphatic rings. The van der Waals surface area contributed by atoms with Gasteiger partial charge in [-0.1, -0.05) is 23.8 Å². The van der Waals surface area contributed by atoms with Crippen molar-refractivity contribution in [3.05, 3.63) is 82.4 Å². The molecule has 31 heavy (non-hydrogen) atoms. The summed E-state index contributed by atoms with van der Waals surface area (Å²) < 4.78 is 33.4. The van der Waals surface area contributed by atoms with E-state index < -0.39 is 10.0 Å². The van der Waals surface area contributed by atoms with Crippen LogP contribution in [0.1, 0.15) is 32.6 Å². The number of nitrogens with one attached hydrogen (secondary N) is 2. The zero-order valence-corrected chi connectivity index (χ0v) is 19.1. The van der Waals surface area contributed by atoms with Gasteiger partial charge in [-0.15, -0.1) is 0 Å². The fourth-order valence-electron chi connectivity index (χ4n) is 3.44. The predicted octanol–water partition coefficient (Wildman–Crippen LogP) is 4.98. The molecule has 3 rings (SSSR count). The summed E-state index contributed by atoms with van der Waals surface area (Å²) in [4.78, 5) is 13.0. The number of ether oxygens (including phenoxy) is 1. The van der Waals surface area contributed by atoms with E-state index >= 15 is 0 Å². The highest BCUT2D eigenvalue weighted by Crippen LogP contribution is 2.25. The Morgan fingerprint density at radius 3 is 2.03 bits per heavy atom. The van der Waals surface area contributed by atoms with Crippen molar-refractivity contribution in [3.8, 4) is 5.75 Å². The van der Waals surface area contributed by atoms with Crippen molar-refractivity contribution in [2.75, 3.05) is 17.1 Å². The average molecular weight is 439 g/mol. The number of aryl methyl sites for hydroxylation is 4. The molecule has 3 aromatic rings. The lowest BCUT2D eigenvalue weighted by atomic mass is 10.0. The lowest BCUT2D eigenvalue weighted by Crippen LogP contribution is -2.18. The molecule has 0 bridgehead atoms. The summed E-state index contributed by atoms with van der Waals surface area (Å²) in [7, 11) is -2.33. The van der Waals surface area contributed by atoms with Gasteiger partial charge in [0.1, 0.15) is 5.75 Å². The van der Waals surface area contributed by atoms with Gasteiger partial charge in [0.15, 0.2) is 0 Å². The van der Waals surface area contributed by atoms with E-state index in [2.05, 4.69) is 10.0 Å². The molecular formula is C24H26N2O4S. The van der Waals surface area contributed by atoms with E-state index in [-0.39, 0.29) is 10.8 Å². The number of benzene rings is 3. The maximum atomic E-state index is 13.0. The highest BCUT2D eigenvalue weighted by Gasteiger charge is 2.19. The molecule has 0 aromatic heterocycles. The van der Waals surface area contributed by atoms with E-state index in [1.165, 1.54) is 19.2 Å². The molecule has 0 unspecified atom stereocenters. The van der Waals surface area contributed by atoms with E-state index in [0.717, 1.165) is 22.4 Å². The van der Waals surface area contributed by atoms with Crippen LogP contribution in [0.3, 0.4) is 0 Å². The Kier molecular flexibility index (Phi) is 6.36. The third kappa shape index (κ3) is 5.06. The van der Waals surface area contributed by atoms with Gasteiger partial charge in [-0.05, 0) is 80.8 Å². The molecule has 0 fully saturated rings. The Hall–Kier alpha value is -3.32. The Balaban J connectivity index is 1.89. The Labute approximate surface area is 183 Å². The zero-order chi connectivity index (χ0) is 22.8. The number of amides is 1. The molecule has 3 aromatic carbocycles. The van der Waals surface area contributed by atoms with Crippen LogP contribution in [0, 0.1) is 27.7 Å². The highest BCUT2D eigenvalue weighted by atomic mass is 32.2. The molecule has 7 heteroatoms. The lowest BCUT2D eigenvalue weighted by molar-refractivity contribution is 0.102. The first kappa shape index (κ1) is 22.4. The number of hydrogen-bond acceptors (Lipinski definition) is 4. The van der Waals surface area contributed by atoms with Crippen LogP contribution in [0.5, 0.6) is 5.75 Å². The zero-order valence-electron chi connectivity index (χ0n) is 18.2. The SMILES string of the molecule is COc1ccc(NS(=O)(=O)c2ccc(C)c(C(=O)Nc3c(C)cc(C)cc3C)c2)cc1. The molecule has 162 valence electrons. The summed E-state index contributed by atoms with van der Waals surface area (Å²) in [6, 6.07) is 15.1. The monoisotopic (exact) mass is 438 g/mol. The summed E-state index contributed by atoms with van der Waals surface area (Å²) in [6.45, 7) is 7.64. The van der Waals surface area contributed by atoms with Crippen LogP contribution in [0.4, 0.5) is 11.4 Å². The second-order valence-electron chi connectivity index (χ2n) is 7.54. The van der Waals surface area contributed by atoms with Crippen molar-refractivity contribution in [2.45, 2.75) is 32.6 Å². The smallest absolute Gasteiger partial charge is 0.261 e. The van der Waals surface area contributed by atoms with E-state index in [4.69, 9.17) is 4.74 Å². The van der Waals surface area contributed by atoms with E-state index in [0.29, 0.717) is 22.6 Å². The fraction of sp³-hybridized carbons (Fsp3) is 0.208. The first-order valence-corrected chi connectivity index (χ1v) is 11.3. The fourth-order valence-corrected chi connectivity index (χ4v) is 4.53. The van der Waals surface area contributed by atoms with Crippen LogP contribution < -0.4 is 14.8 Å². The molecule has 0 aliphatic heterocycles. The van der Waals surface area contributed by atoms with E-state index in [1.807, 2.05) is 32.9 Å². The summed E-state index contributed by atoms with van der Waals surface area (Å²) in [5, 5.41) is 2.94. The summed E-state index contributed by atoms with van der Waals surface area (Å²) in [5.74, 6) is 0.271. The Bertz CT molecular complexity index is 1210. The second kappa shape index (κ2) is 8.81. The molecule has 2 N–H and O–H groups in total. The van der Waals surface area contributed by atoms with Crippen molar-refractivity contribution in [2.24, 2.45) is 0 Å². The minimum Gasteiger partial charge on any atom is -0.497 e. The van der Waals surface area contributed by atoms with Crippen LogP contribution in [0.15, 0.2) is 59.5 Å². The third-order valence-electron chi connectivity index (χ3n) is 5.02. The van der Waals surface area contributed by atoms with Crippen molar-refractivity contribution in [1.29, 1.82) is 0 Å². The first-order chi connectivity index (χ1) is 14.6. The van der Waals surface area contributed by atoms with E-state index in [9.17, 15) is 13.2 Å². The third-order valence-corrected chi connectivity index (χ3v) is 6.40. The van der Waals surface area contributed by atoms with Gasteiger partial charge in [0.25, 0.3) is 15.9 Å². The van der Waals surface area contributed by atoms with Crippen LogP contribution >= 0.6 is 0 Å². The summed E-state index contributed by atoms with van der Waals surface area (Å²) in [5.41, 5.74) is 5.14. The lowest BCUT2D eigenvalue weighted by Gasteiger charge is -2.15. The first-order valence-electron chi connectivity index (χ1n) is 9.77. The van der Waals surface area contributed by atoms with Crippen LogP contribution in [0.25, 0.3) is 0 Å². The molecule has 0 saturated carbocycles. The average Bonchev–Trinajstić information content (AvgIpc) is 2.71. The Morgan fingerprint density at radius 2 is 1.45 bits per heavy atom. The van der Waals surface area contributed by atoms with Crippen molar-refractivity contribution >= 4 is 27.3 Å². The van der Waals surface area contributed by atoms with Gasteiger partial charge in [-0.3, -0.25) is 9.52 Å². The number of hydrogen-bond donors (Lipinski definition) is 2. The molecule has 0 spiro atoms. The van der Waals surface area contributed by atoms with Gasteiger partial charge >= 0.3 is 0 Å². The van der Waals surface area contributed by atoms with Crippen LogP contribution in [0.2, 0.25) is 0 Å². The van der Waals surface area contributed by atoms with Gasteiger partial charge in [0, 0.05) is 16.9 Å². The van der Waals surface area contributed by atoms with Crippen molar-refractivity contribution < 1.29 is 17.9 Å². The molecule has 0 radical (unpaired) electrons. The largest absolute Gasteiger partial charge is 0.497 e. The minimum absolute atomic E-state index is 0.0106. The van der Waals surface area contributed by atoms with Crippen LogP contribution in [-0.2, 0) is 10.0 Å². The van der Waals surface area contributed by atoms with Crippen molar-refractivity contribution in [3.63, 3.8) is 0 Å². The van der Waals surface area contributed by atoms with E-state index in [1.54, 1.807) is 37.3 Å². The molecule has 0 aliphatic carbocycles. The molecular weight excluding hydrogens is 412 g/mol. The molecule has 0 heterocycles. The quantitative estimate of drug-likeness (QED) is 0.568. The van der Waals surface area contributed by atoms with Crippen molar-refractivity contribution in [1.82, 2.24) is 0 Å². The highest BCUT2D eigenvalue weighted by molar-refractivity contribution is 7.92. The van der Waals surface area contributed by atoms with Gasteiger partial charge < -0.3 is 10.1 Å². The minimum atomic E-state index is -3.87. The predicted molar refractivity (Wildman–Crippen MR) is 124 cm³/mol. The standard InChI is InChI=1S/C24H26N2O4S/c1-15-12-17(3)23(18(4)13-15)25-24(27)22-14-21(11-6-16(22)2)31(28,29)26-19-7-9-20(30-5)10-8-19/h6-14,26H,1-5H3,(H,25,27). The normalized spacial score (nSPS) is 11.1. The number of methoxy groups -OCH3 is 1. The number of carbonyl (C=O) groups excluding carboxylic acids is 1. The van der Waals surface area contributed by atoms with Gasteiger partial charge in [0.2, 0.25) is 0 Å². The molecule has 0 atom stereocenters. The maximum Gasteiger partial charge on any atom is 0.261 e. The Morgan fingerprint density at radius 1 is 0.839 bits per heavy atom. The summed E-state index contributed by atoms with van der Waals surface area (Å²) in [6.07, 6.45) is 0. The van der Waals surface area contributed by atoms with Crippen LogP contribution in [-0.4, -0.2) is 21.4 Å². The number of carbonyl (C=O) groups is 1. The number of rotatable bonds is 6. The molecule has 6 nitrogen and oxygen atoms in total. The summed E-state index contributed by atoms with van der Waals surface area (Å²) >= 11 is 0.